The van der Waals surface area contributed by atoms with Gasteiger partial charge in [0.1, 0.15) is 0 Å². The molecule has 88 valence electrons. The Morgan fingerprint density at radius 3 is 2.12 bits per heavy atom. The van der Waals surface area contributed by atoms with Crippen molar-refractivity contribution in [1.29, 1.82) is 0 Å². The van der Waals surface area contributed by atoms with Crippen LogP contribution in [0.3, 0.4) is 0 Å². The van der Waals surface area contributed by atoms with Crippen LogP contribution in [-0.2, 0) is 0 Å². The van der Waals surface area contributed by atoms with Gasteiger partial charge in [-0.3, -0.25) is 0 Å². The van der Waals surface area contributed by atoms with Gasteiger partial charge in [-0.05, 0) is 31.0 Å². The fourth-order valence-corrected chi connectivity index (χ4v) is 2.54. The number of benzene rings is 1. The van der Waals surface area contributed by atoms with Crippen LogP contribution in [0.2, 0.25) is 5.02 Å². The molecule has 0 atom stereocenters. The van der Waals surface area contributed by atoms with Gasteiger partial charge < -0.3 is 4.90 Å². The molecular weight excluding hydrogens is 218 g/mol. The minimum absolute atomic E-state index is 0.845. The molecular formula is C14H20ClN. The van der Waals surface area contributed by atoms with Crippen LogP contribution in [0.5, 0.6) is 0 Å². The van der Waals surface area contributed by atoms with Crippen molar-refractivity contribution in [2.75, 3.05) is 18.0 Å². The molecule has 2 rings (SSSR count). The zero-order valence-electron chi connectivity index (χ0n) is 9.79. The summed E-state index contributed by atoms with van der Waals surface area (Å²) in [6.45, 7) is 2.36. The van der Waals surface area contributed by atoms with Crippen molar-refractivity contribution in [1.82, 2.24) is 0 Å². The van der Waals surface area contributed by atoms with Crippen LogP contribution in [-0.4, -0.2) is 13.1 Å². The summed E-state index contributed by atoms with van der Waals surface area (Å²) in [7, 11) is 0. The lowest BCUT2D eigenvalue weighted by molar-refractivity contribution is 0.636. The Balaban J connectivity index is 2.04. The highest BCUT2D eigenvalue weighted by molar-refractivity contribution is 6.30. The maximum absolute atomic E-state index is 6.04. The van der Waals surface area contributed by atoms with Crippen molar-refractivity contribution in [3.05, 3.63) is 29.3 Å². The normalized spacial score (nSPS) is 18.7. The van der Waals surface area contributed by atoms with Crippen molar-refractivity contribution >= 4 is 17.3 Å². The molecule has 0 spiro atoms. The van der Waals surface area contributed by atoms with E-state index in [1.54, 1.807) is 0 Å². The van der Waals surface area contributed by atoms with Crippen LogP contribution in [0.15, 0.2) is 24.3 Å². The van der Waals surface area contributed by atoms with Gasteiger partial charge in [-0.15, -0.1) is 0 Å². The van der Waals surface area contributed by atoms with Gasteiger partial charge in [0.2, 0.25) is 0 Å². The molecule has 1 fully saturated rings. The molecule has 16 heavy (non-hydrogen) atoms. The number of halogens is 1. The molecule has 1 aliphatic rings. The van der Waals surface area contributed by atoms with Gasteiger partial charge in [-0.2, -0.15) is 0 Å². The maximum atomic E-state index is 6.04. The summed E-state index contributed by atoms with van der Waals surface area (Å²) in [5.41, 5.74) is 1.29. The van der Waals surface area contributed by atoms with Gasteiger partial charge in [0.05, 0.1) is 0 Å². The maximum Gasteiger partial charge on any atom is 0.0426 e. The molecule has 0 bridgehead atoms. The third-order valence-electron chi connectivity index (χ3n) is 3.28. The second-order valence-corrected chi connectivity index (χ2v) is 5.02. The summed E-state index contributed by atoms with van der Waals surface area (Å²) in [6, 6.07) is 8.24. The zero-order valence-corrected chi connectivity index (χ0v) is 10.5. The molecule has 1 saturated heterocycles. The average molecular weight is 238 g/mol. The molecule has 0 radical (unpaired) electrons. The minimum Gasteiger partial charge on any atom is -0.371 e. The largest absolute Gasteiger partial charge is 0.371 e. The smallest absolute Gasteiger partial charge is 0.0426 e. The van der Waals surface area contributed by atoms with E-state index in [1.807, 2.05) is 12.1 Å². The number of rotatable bonds is 1. The number of anilines is 1. The minimum atomic E-state index is 0.845. The van der Waals surface area contributed by atoms with Gasteiger partial charge in [0.15, 0.2) is 0 Å². The van der Waals surface area contributed by atoms with Gasteiger partial charge in [-0.25, -0.2) is 0 Å². The van der Waals surface area contributed by atoms with Crippen LogP contribution in [0, 0.1) is 0 Å². The Morgan fingerprint density at radius 2 is 1.50 bits per heavy atom. The molecule has 0 N–H and O–H groups in total. The lowest BCUT2D eigenvalue weighted by atomic mass is 10.1. The molecule has 0 aromatic heterocycles. The van der Waals surface area contributed by atoms with Gasteiger partial charge in [0, 0.05) is 23.8 Å². The number of hydrogen-bond donors (Lipinski definition) is 0. The van der Waals surface area contributed by atoms with Crippen LogP contribution in [0.4, 0.5) is 5.69 Å². The third-order valence-corrected chi connectivity index (χ3v) is 3.51. The fraction of sp³-hybridized carbons (Fsp3) is 0.571. The van der Waals surface area contributed by atoms with E-state index in [4.69, 9.17) is 11.6 Å². The Labute approximate surface area is 103 Å². The highest BCUT2D eigenvalue weighted by Crippen LogP contribution is 2.22. The monoisotopic (exact) mass is 237 g/mol. The summed E-state index contributed by atoms with van der Waals surface area (Å²) < 4.78 is 0. The predicted octanol–water partition coefficient (Wildman–Crippen LogP) is 4.50. The Kier molecular flexibility index (Phi) is 4.53. The Morgan fingerprint density at radius 1 is 0.875 bits per heavy atom. The zero-order chi connectivity index (χ0) is 11.2. The number of hydrogen-bond acceptors (Lipinski definition) is 1. The first-order chi connectivity index (χ1) is 7.86. The van der Waals surface area contributed by atoms with Crippen molar-refractivity contribution in [2.45, 2.75) is 38.5 Å². The molecule has 0 amide bonds. The SMILES string of the molecule is Clc1cccc(N2CCCCCCCC2)c1. The quantitative estimate of drug-likeness (QED) is 0.695. The molecule has 0 aliphatic carbocycles. The van der Waals surface area contributed by atoms with Gasteiger partial charge >= 0.3 is 0 Å². The second kappa shape index (κ2) is 6.15. The molecule has 2 heteroatoms. The van der Waals surface area contributed by atoms with E-state index >= 15 is 0 Å². The molecule has 1 aromatic carbocycles. The van der Waals surface area contributed by atoms with E-state index in [9.17, 15) is 0 Å². The lowest BCUT2D eigenvalue weighted by Crippen LogP contribution is -2.25. The number of nitrogens with zero attached hydrogens (tertiary/aromatic N) is 1. The second-order valence-electron chi connectivity index (χ2n) is 4.59. The fourth-order valence-electron chi connectivity index (χ4n) is 2.36. The van der Waals surface area contributed by atoms with E-state index in [1.165, 1.54) is 57.3 Å². The van der Waals surface area contributed by atoms with Crippen molar-refractivity contribution < 1.29 is 0 Å². The van der Waals surface area contributed by atoms with E-state index < -0.39 is 0 Å². The van der Waals surface area contributed by atoms with E-state index in [0.29, 0.717) is 0 Å². The van der Waals surface area contributed by atoms with Crippen LogP contribution in [0.25, 0.3) is 0 Å². The molecule has 0 saturated carbocycles. The van der Waals surface area contributed by atoms with Crippen molar-refractivity contribution in [2.24, 2.45) is 0 Å². The van der Waals surface area contributed by atoms with Crippen LogP contribution >= 0.6 is 11.6 Å². The lowest BCUT2D eigenvalue weighted by Gasteiger charge is -2.24. The van der Waals surface area contributed by atoms with Crippen molar-refractivity contribution in [3.8, 4) is 0 Å². The third kappa shape index (κ3) is 3.41. The standard InChI is InChI=1S/C14H20ClN/c15-13-8-7-9-14(12-13)16-10-5-3-1-2-4-6-11-16/h7-9,12H,1-6,10-11H2. The topological polar surface area (TPSA) is 3.24 Å². The summed E-state index contributed by atoms with van der Waals surface area (Å²) >= 11 is 6.04. The van der Waals surface area contributed by atoms with Gasteiger partial charge in [-0.1, -0.05) is 43.4 Å². The van der Waals surface area contributed by atoms with Crippen molar-refractivity contribution in [3.63, 3.8) is 0 Å². The van der Waals surface area contributed by atoms with E-state index in [0.717, 1.165) is 5.02 Å². The summed E-state index contributed by atoms with van der Waals surface area (Å²) in [5.74, 6) is 0. The van der Waals surface area contributed by atoms with E-state index in [-0.39, 0.29) is 0 Å². The Bertz CT molecular complexity index is 314. The molecule has 0 unspecified atom stereocenters. The molecule has 1 aliphatic heterocycles. The first kappa shape index (κ1) is 11.8. The summed E-state index contributed by atoms with van der Waals surface area (Å²) in [4.78, 5) is 2.48. The first-order valence-corrected chi connectivity index (χ1v) is 6.74. The molecule has 1 nitrogen and oxygen atoms in total. The van der Waals surface area contributed by atoms with E-state index in [2.05, 4.69) is 17.0 Å². The Hall–Kier alpha value is -0.690. The highest BCUT2D eigenvalue weighted by Gasteiger charge is 2.08. The average Bonchev–Trinajstić information content (AvgIpc) is 2.42. The first-order valence-electron chi connectivity index (χ1n) is 6.37. The predicted molar refractivity (Wildman–Crippen MR) is 71.4 cm³/mol. The van der Waals surface area contributed by atoms with Crippen LogP contribution in [0.1, 0.15) is 38.5 Å². The van der Waals surface area contributed by atoms with Gasteiger partial charge in [0.25, 0.3) is 0 Å². The molecule has 1 heterocycles. The highest BCUT2D eigenvalue weighted by atomic mass is 35.5. The summed E-state index contributed by atoms with van der Waals surface area (Å²) in [5, 5.41) is 0.845. The summed E-state index contributed by atoms with van der Waals surface area (Å²) in [6.07, 6.45) is 8.18. The van der Waals surface area contributed by atoms with Crippen LogP contribution < -0.4 is 4.90 Å². The molecule has 1 aromatic rings.